The summed E-state index contributed by atoms with van der Waals surface area (Å²) < 4.78 is 5.50. The van der Waals surface area contributed by atoms with Crippen LogP contribution in [0.4, 0.5) is 0 Å². The lowest BCUT2D eigenvalue weighted by Gasteiger charge is -2.33. The fourth-order valence-electron chi connectivity index (χ4n) is 5.76. The fourth-order valence-corrected chi connectivity index (χ4v) is 5.88. The molecule has 0 aliphatic carbocycles. The molecule has 0 saturated carbocycles. The van der Waals surface area contributed by atoms with Gasteiger partial charge in [-0.25, -0.2) is 0 Å². The number of nitrogens with zero attached hydrogens (tertiary/aromatic N) is 2. The predicted molar refractivity (Wildman–Crippen MR) is 109 cm³/mol. The van der Waals surface area contributed by atoms with E-state index >= 15 is 0 Å². The summed E-state index contributed by atoms with van der Waals surface area (Å²) >= 11 is 6.08. The number of likely N-dealkylation sites (tertiary alicyclic amines) is 1. The van der Waals surface area contributed by atoms with Crippen molar-refractivity contribution < 1.29 is 9.53 Å². The zero-order valence-electron chi connectivity index (χ0n) is 16.1. The molecule has 3 aliphatic rings. The molecule has 3 aliphatic heterocycles. The summed E-state index contributed by atoms with van der Waals surface area (Å²) in [7, 11) is 1.69. The summed E-state index contributed by atoms with van der Waals surface area (Å²) in [6, 6.07) is 16.5. The van der Waals surface area contributed by atoms with Crippen molar-refractivity contribution in [3.63, 3.8) is 0 Å². The molecule has 5 heteroatoms. The number of carbonyl (C=O) groups excluding carboxylic acids is 1. The summed E-state index contributed by atoms with van der Waals surface area (Å²) in [5.41, 5.74) is 2.05. The molecule has 3 fully saturated rings. The largest absolute Gasteiger partial charge is 0.496 e. The van der Waals surface area contributed by atoms with Crippen molar-refractivity contribution in [1.29, 1.82) is 0 Å². The lowest BCUT2D eigenvalue weighted by Crippen LogP contribution is -2.49. The van der Waals surface area contributed by atoms with E-state index in [4.69, 9.17) is 16.3 Å². The van der Waals surface area contributed by atoms with Crippen LogP contribution >= 0.6 is 11.6 Å². The van der Waals surface area contributed by atoms with Gasteiger partial charge in [0.25, 0.3) is 0 Å². The smallest absolute Gasteiger partial charge is 0.243 e. The van der Waals surface area contributed by atoms with Crippen LogP contribution in [0.2, 0.25) is 5.02 Å². The zero-order valence-corrected chi connectivity index (χ0v) is 16.9. The molecule has 0 radical (unpaired) electrons. The number of halogens is 1. The van der Waals surface area contributed by atoms with Crippen LogP contribution < -0.4 is 4.74 Å². The number of methoxy groups -OCH3 is 1. The second kappa shape index (κ2) is 6.78. The Hall–Kier alpha value is -2.04. The molecule has 1 amide bonds. The quantitative estimate of drug-likeness (QED) is 0.773. The average Bonchev–Trinajstić information content (AvgIpc) is 3.34. The third-order valence-corrected chi connectivity index (χ3v) is 7.19. The summed E-state index contributed by atoms with van der Waals surface area (Å²) in [5.74, 6) is 1.54. The summed E-state index contributed by atoms with van der Waals surface area (Å²) in [6.45, 7) is 2.45. The molecule has 0 unspecified atom stereocenters. The van der Waals surface area contributed by atoms with E-state index in [1.807, 2.05) is 30.3 Å². The monoisotopic (exact) mass is 396 g/mol. The van der Waals surface area contributed by atoms with Crippen LogP contribution in [0.25, 0.3) is 0 Å². The van der Waals surface area contributed by atoms with Crippen LogP contribution in [0.15, 0.2) is 48.5 Å². The minimum atomic E-state index is -0.313. The highest BCUT2D eigenvalue weighted by atomic mass is 35.5. The van der Waals surface area contributed by atoms with Crippen molar-refractivity contribution in [2.45, 2.75) is 37.4 Å². The number of amides is 1. The lowest BCUT2D eigenvalue weighted by molar-refractivity contribution is -0.137. The van der Waals surface area contributed by atoms with Crippen molar-refractivity contribution >= 4 is 17.5 Å². The van der Waals surface area contributed by atoms with Gasteiger partial charge in [0.1, 0.15) is 11.3 Å². The minimum absolute atomic E-state index is 0.303. The highest BCUT2D eigenvalue weighted by molar-refractivity contribution is 6.30. The average molecular weight is 397 g/mol. The topological polar surface area (TPSA) is 32.8 Å². The SMILES string of the molecule is COc1ccccc1CN1C[C@@H]2C[C@@H](c3ccc(Cl)cc3)N3CCC[C@@]23C1=O. The first-order valence-corrected chi connectivity index (χ1v) is 10.4. The molecule has 28 heavy (non-hydrogen) atoms. The number of carbonyl (C=O) groups is 1. The number of hydrogen-bond acceptors (Lipinski definition) is 3. The van der Waals surface area contributed by atoms with Gasteiger partial charge in [-0.3, -0.25) is 9.69 Å². The Morgan fingerprint density at radius 2 is 1.96 bits per heavy atom. The second-order valence-electron chi connectivity index (χ2n) is 8.22. The van der Waals surface area contributed by atoms with E-state index in [2.05, 4.69) is 28.0 Å². The molecule has 2 aromatic carbocycles. The molecule has 3 heterocycles. The first-order valence-electron chi connectivity index (χ1n) is 10.1. The van der Waals surface area contributed by atoms with Crippen LogP contribution in [-0.4, -0.2) is 41.4 Å². The molecule has 5 rings (SSSR count). The molecule has 0 aromatic heterocycles. The first-order chi connectivity index (χ1) is 13.6. The van der Waals surface area contributed by atoms with Gasteiger partial charge in [-0.05, 0) is 49.6 Å². The van der Waals surface area contributed by atoms with Crippen molar-refractivity contribution in [3.8, 4) is 5.75 Å². The Morgan fingerprint density at radius 3 is 2.75 bits per heavy atom. The molecule has 2 aromatic rings. The van der Waals surface area contributed by atoms with Gasteiger partial charge in [0.15, 0.2) is 0 Å². The maximum atomic E-state index is 13.6. The zero-order chi connectivity index (χ0) is 19.3. The van der Waals surface area contributed by atoms with Gasteiger partial charge < -0.3 is 9.64 Å². The molecule has 3 saturated heterocycles. The van der Waals surface area contributed by atoms with Gasteiger partial charge in [0.05, 0.1) is 7.11 Å². The number of benzene rings is 2. The van der Waals surface area contributed by atoms with E-state index in [-0.39, 0.29) is 5.54 Å². The van der Waals surface area contributed by atoms with E-state index in [9.17, 15) is 4.79 Å². The van der Waals surface area contributed by atoms with Crippen molar-refractivity contribution in [2.24, 2.45) is 5.92 Å². The number of rotatable bonds is 4. The van der Waals surface area contributed by atoms with Gasteiger partial charge in [-0.1, -0.05) is 41.9 Å². The van der Waals surface area contributed by atoms with E-state index in [0.717, 1.165) is 48.7 Å². The summed E-state index contributed by atoms with van der Waals surface area (Å²) in [4.78, 5) is 18.2. The van der Waals surface area contributed by atoms with Gasteiger partial charge in [0.2, 0.25) is 5.91 Å². The molecule has 3 atom stereocenters. The molecule has 0 N–H and O–H groups in total. The number of hydrogen-bond donors (Lipinski definition) is 0. The second-order valence-corrected chi connectivity index (χ2v) is 8.66. The van der Waals surface area contributed by atoms with E-state index < -0.39 is 0 Å². The maximum Gasteiger partial charge on any atom is 0.243 e. The predicted octanol–water partition coefficient (Wildman–Crippen LogP) is 4.29. The molecular weight excluding hydrogens is 372 g/mol. The van der Waals surface area contributed by atoms with Gasteiger partial charge in [0, 0.05) is 35.6 Å². The van der Waals surface area contributed by atoms with Crippen LogP contribution in [0, 0.1) is 5.92 Å². The van der Waals surface area contributed by atoms with Gasteiger partial charge in [-0.15, -0.1) is 0 Å². The highest BCUT2D eigenvalue weighted by Gasteiger charge is 2.65. The Balaban J connectivity index is 1.42. The standard InChI is InChI=1S/C23H25ClN2O2/c1-28-21-6-3-2-5-17(21)14-25-15-18-13-20(16-7-9-19(24)10-8-16)26-12-4-11-23(18,26)22(25)27/h2-3,5-10,18,20H,4,11-15H2,1H3/t18-,20-,23-/m0/s1. The third kappa shape index (κ3) is 2.58. The van der Waals surface area contributed by atoms with Crippen LogP contribution in [0.5, 0.6) is 5.75 Å². The number of para-hydroxylation sites is 1. The first kappa shape index (κ1) is 18.0. The van der Waals surface area contributed by atoms with Crippen molar-refractivity contribution in [2.75, 3.05) is 20.2 Å². The van der Waals surface area contributed by atoms with Gasteiger partial charge in [-0.2, -0.15) is 0 Å². The summed E-state index contributed by atoms with van der Waals surface area (Å²) in [6.07, 6.45) is 3.10. The Kier molecular flexibility index (Phi) is 4.37. The third-order valence-electron chi connectivity index (χ3n) is 6.94. The normalized spacial score (nSPS) is 29.2. The Bertz CT molecular complexity index is 900. The minimum Gasteiger partial charge on any atom is -0.496 e. The number of ether oxygens (including phenoxy) is 1. The maximum absolute atomic E-state index is 13.6. The molecule has 0 bridgehead atoms. The Labute approximate surface area is 171 Å². The van der Waals surface area contributed by atoms with E-state index in [0.29, 0.717) is 24.4 Å². The highest BCUT2D eigenvalue weighted by Crippen LogP contribution is 2.56. The van der Waals surface area contributed by atoms with Crippen molar-refractivity contribution in [1.82, 2.24) is 9.80 Å². The van der Waals surface area contributed by atoms with E-state index in [1.165, 1.54) is 5.56 Å². The lowest BCUT2D eigenvalue weighted by atomic mass is 9.85. The van der Waals surface area contributed by atoms with Crippen molar-refractivity contribution in [3.05, 3.63) is 64.7 Å². The fraction of sp³-hybridized carbons (Fsp3) is 0.435. The molecule has 146 valence electrons. The Morgan fingerprint density at radius 1 is 1.18 bits per heavy atom. The molecule has 1 spiro atoms. The van der Waals surface area contributed by atoms with Crippen LogP contribution in [-0.2, 0) is 11.3 Å². The summed E-state index contributed by atoms with van der Waals surface area (Å²) in [5, 5.41) is 0.761. The van der Waals surface area contributed by atoms with Crippen LogP contribution in [0.3, 0.4) is 0 Å². The van der Waals surface area contributed by atoms with Crippen LogP contribution in [0.1, 0.15) is 36.4 Å². The van der Waals surface area contributed by atoms with Gasteiger partial charge >= 0.3 is 0 Å². The molecule has 4 nitrogen and oxygen atoms in total. The van der Waals surface area contributed by atoms with E-state index in [1.54, 1.807) is 7.11 Å². The molecular formula is C23H25ClN2O2.